The van der Waals surface area contributed by atoms with Gasteiger partial charge in [0.25, 0.3) is 0 Å². The molecule has 0 bridgehead atoms. The molecule has 0 aliphatic heterocycles. The van der Waals surface area contributed by atoms with Crippen LogP contribution in [0.25, 0.3) is 10.9 Å². The summed E-state index contributed by atoms with van der Waals surface area (Å²) >= 11 is 0. The number of carbonyl (C=O) groups excluding carboxylic acids is 2. The van der Waals surface area contributed by atoms with Crippen LogP contribution in [0.1, 0.15) is 37.8 Å². The van der Waals surface area contributed by atoms with Gasteiger partial charge in [-0.05, 0) is 48.9 Å². The van der Waals surface area contributed by atoms with Crippen LogP contribution in [-0.4, -0.2) is 36.9 Å². The second-order valence-electron chi connectivity index (χ2n) is 7.24. The molecule has 2 aromatic heterocycles. The predicted octanol–water partition coefficient (Wildman–Crippen LogP) is 4.91. The third-order valence-corrected chi connectivity index (χ3v) is 5.15. The topological polar surface area (TPSA) is 83.0 Å². The van der Waals surface area contributed by atoms with Gasteiger partial charge in [0.1, 0.15) is 5.76 Å². The van der Waals surface area contributed by atoms with Gasteiger partial charge < -0.3 is 18.5 Å². The van der Waals surface area contributed by atoms with Crippen molar-refractivity contribution >= 4 is 34.7 Å². The quantitative estimate of drug-likeness (QED) is 0.320. The summed E-state index contributed by atoms with van der Waals surface area (Å²) in [5.74, 6) is -0.0643. The Morgan fingerprint density at radius 2 is 1.81 bits per heavy atom. The number of benzene rings is 2. The number of ether oxygens (including phenoxy) is 2. The van der Waals surface area contributed by atoms with E-state index in [4.69, 9.17) is 13.9 Å². The van der Waals surface area contributed by atoms with Crippen molar-refractivity contribution in [3.63, 3.8) is 0 Å². The van der Waals surface area contributed by atoms with Crippen LogP contribution >= 0.6 is 0 Å². The Morgan fingerprint density at radius 1 is 1.03 bits per heavy atom. The van der Waals surface area contributed by atoms with Crippen molar-refractivity contribution in [2.24, 2.45) is 4.99 Å². The number of aryl methyl sites for hydroxylation is 1. The molecular weight excluding hydrogens is 408 g/mol. The fraction of sp³-hybridized carbons (Fsp3) is 0.160. The molecule has 2 heterocycles. The summed E-state index contributed by atoms with van der Waals surface area (Å²) in [5, 5.41) is 1.04. The fourth-order valence-corrected chi connectivity index (χ4v) is 3.53. The largest absolute Gasteiger partial charge is 0.465 e. The average molecular weight is 430 g/mol. The summed E-state index contributed by atoms with van der Waals surface area (Å²) in [4.78, 5) is 28.0. The van der Waals surface area contributed by atoms with Crippen LogP contribution in [0.5, 0.6) is 0 Å². The second-order valence-corrected chi connectivity index (χ2v) is 7.24. The van der Waals surface area contributed by atoms with E-state index < -0.39 is 5.97 Å². The molecule has 0 amide bonds. The van der Waals surface area contributed by atoms with Gasteiger partial charge in [-0.2, -0.15) is 0 Å². The van der Waals surface area contributed by atoms with E-state index in [1.54, 1.807) is 36.5 Å². The van der Waals surface area contributed by atoms with Gasteiger partial charge in [0.15, 0.2) is 0 Å². The number of methoxy groups -OCH3 is 2. The molecule has 0 saturated carbocycles. The molecule has 0 spiro atoms. The molecule has 4 aromatic rings. The minimum absolute atomic E-state index is 0.173. The Hall–Kier alpha value is -4.13. The van der Waals surface area contributed by atoms with Crippen LogP contribution < -0.4 is 0 Å². The molecule has 0 radical (unpaired) electrons. The minimum Gasteiger partial charge on any atom is -0.465 e. The SMILES string of the molecule is COC(=O)c1ccc(N=Cc2cn(Cc3ccc(C(=O)OC)o3)c3ccccc23)c(C)c1. The number of aromatic nitrogens is 1. The normalized spacial score (nSPS) is 11.2. The lowest BCUT2D eigenvalue weighted by Crippen LogP contribution is -2.00. The van der Waals surface area contributed by atoms with Crippen molar-refractivity contribution in [3.8, 4) is 0 Å². The zero-order valence-electron chi connectivity index (χ0n) is 18.0. The Labute approximate surface area is 184 Å². The Kier molecular flexibility index (Phi) is 5.89. The molecular formula is C25H22N2O5. The van der Waals surface area contributed by atoms with Gasteiger partial charge >= 0.3 is 11.9 Å². The maximum Gasteiger partial charge on any atom is 0.373 e. The van der Waals surface area contributed by atoms with E-state index >= 15 is 0 Å². The highest BCUT2D eigenvalue weighted by Crippen LogP contribution is 2.24. The second kappa shape index (κ2) is 8.93. The number of carbonyl (C=O) groups is 2. The third-order valence-electron chi connectivity index (χ3n) is 5.15. The summed E-state index contributed by atoms with van der Waals surface area (Å²) in [6, 6.07) is 16.6. The van der Waals surface area contributed by atoms with Crippen LogP contribution in [0.15, 0.2) is 70.2 Å². The first-order valence-electron chi connectivity index (χ1n) is 9.98. The molecule has 7 nitrogen and oxygen atoms in total. The van der Waals surface area contributed by atoms with Crippen LogP contribution in [-0.2, 0) is 16.0 Å². The first kappa shape index (κ1) is 21.1. The molecule has 0 atom stereocenters. The molecule has 0 aliphatic rings. The van der Waals surface area contributed by atoms with E-state index in [-0.39, 0.29) is 11.7 Å². The van der Waals surface area contributed by atoms with Gasteiger partial charge in [-0.15, -0.1) is 0 Å². The molecule has 0 N–H and O–H groups in total. The number of hydrogen-bond donors (Lipinski definition) is 0. The lowest BCUT2D eigenvalue weighted by Gasteiger charge is -2.03. The Bertz CT molecular complexity index is 1330. The van der Waals surface area contributed by atoms with E-state index in [9.17, 15) is 9.59 Å². The van der Waals surface area contributed by atoms with Crippen molar-refractivity contribution < 1.29 is 23.5 Å². The van der Waals surface area contributed by atoms with E-state index in [2.05, 4.69) is 4.99 Å². The van der Waals surface area contributed by atoms with Gasteiger partial charge in [0, 0.05) is 28.9 Å². The van der Waals surface area contributed by atoms with Crippen molar-refractivity contribution in [2.45, 2.75) is 13.5 Å². The standard InChI is InChI=1S/C25H22N2O5/c1-16-12-17(24(28)30-2)8-10-21(16)26-13-18-14-27(22-7-5-4-6-20(18)22)15-19-9-11-23(32-19)25(29)31-3/h4-14H,15H2,1-3H3. The highest BCUT2D eigenvalue weighted by molar-refractivity contribution is 6.00. The van der Waals surface area contributed by atoms with Crippen LogP contribution in [0.2, 0.25) is 0 Å². The molecule has 0 unspecified atom stereocenters. The number of nitrogens with zero attached hydrogens (tertiary/aromatic N) is 2. The van der Waals surface area contributed by atoms with Crippen LogP contribution in [0.3, 0.4) is 0 Å². The monoisotopic (exact) mass is 430 g/mol. The summed E-state index contributed by atoms with van der Waals surface area (Å²) in [7, 11) is 2.68. The van der Waals surface area contributed by atoms with Crippen molar-refractivity contribution in [2.75, 3.05) is 14.2 Å². The van der Waals surface area contributed by atoms with Gasteiger partial charge in [0.2, 0.25) is 5.76 Å². The minimum atomic E-state index is -0.505. The average Bonchev–Trinajstić information content (AvgIpc) is 3.42. The maximum absolute atomic E-state index is 11.7. The van der Waals surface area contributed by atoms with Crippen LogP contribution in [0.4, 0.5) is 5.69 Å². The highest BCUT2D eigenvalue weighted by atomic mass is 16.5. The first-order valence-corrected chi connectivity index (χ1v) is 9.98. The van der Waals surface area contributed by atoms with Gasteiger partial charge in [-0.1, -0.05) is 18.2 Å². The molecule has 0 aliphatic carbocycles. The highest BCUT2D eigenvalue weighted by Gasteiger charge is 2.13. The zero-order valence-corrected chi connectivity index (χ0v) is 18.0. The van der Waals surface area contributed by atoms with Gasteiger partial charge in [-0.25, -0.2) is 9.59 Å². The van der Waals surface area contributed by atoms with E-state index in [1.165, 1.54) is 14.2 Å². The molecule has 162 valence electrons. The number of esters is 2. The lowest BCUT2D eigenvalue weighted by atomic mass is 10.1. The van der Waals surface area contributed by atoms with E-state index in [1.807, 2.05) is 42.0 Å². The van der Waals surface area contributed by atoms with Gasteiger partial charge in [0.05, 0.1) is 32.0 Å². The van der Waals surface area contributed by atoms with Crippen LogP contribution in [0, 0.1) is 6.92 Å². The Balaban J connectivity index is 1.64. The summed E-state index contributed by atoms with van der Waals surface area (Å²) in [6.45, 7) is 2.36. The summed E-state index contributed by atoms with van der Waals surface area (Å²) in [6.07, 6.45) is 3.80. The summed E-state index contributed by atoms with van der Waals surface area (Å²) < 4.78 is 17.1. The number of aliphatic imine (C=N–C) groups is 1. The number of rotatable bonds is 6. The number of furan rings is 1. The molecule has 0 saturated heterocycles. The molecule has 7 heteroatoms. The first-order chi connectivity index (χ1) is 15.5. The van der Waals surface area contributed by atoms with Crippen molar-refractivity contribution in [3.05, 3.63) is 89.0 Å². The number of fused-ring (bicyclic) bond motifs is 1. The van der Waals surface area contributed by atoms with Crippen molar-refractivity contribution in [1.82, 2.24) is 4.57 Å². The number of para-hydroxylation sites is 1. The van der Waals surface area contributed by atoms with E-state index in [0.29, 0.717) is 17.9 Å². The lowest BCUT2D eigenvalue weighted by molar-refractivity contribution is 0.0561. The Morgan fingerprint density at radius 3 is 2.56 bits per heavy atom. The number of hydrogen-bond acceptors (Lipinski definition) is 6. The third kappa shape index (κ3) is 4.18. The maximum atomic E-state index is 11.7. The van der Waals surface area contributed by atoms with E-state index in [0.717, 1.165) is 27.7 Å². The van der Waals surface area contributed by atoms with Gasteiger partial charge in [-0.3, -0.25) is 4.99 Å². The molecule has 0 fully saturated rings. The molecule has 32 heavy (non-hydrogen) atoms. The predicted molar refractivity (Wildman–Crippen MR) is 121 cm³/mol. The smallest absolute Gasteiger partial charge is 0.373 e. The van der Waals surface area contributed by atoms with Crippen molar-refractivity contribution in [1.29, 1.82) is 0 Å². The zero-order chi connectivity index (χ0) is 22.7. The summed E-state index contributed by atoms with van der Waals surface area (Å²) in [5.41, 5.74) is 4.09. The fourth-order valence-electron chi connectivity index (χ4n) is 3.53. The molecule has 4 rings (SSSR count). The molecule has 2 aromatic carbocycles.